The highest BCUT2D eigenvalue weighted by atomic mass is 16.3. The number of para-hydroxylation sites is 1. The average Bonchev–Trinajstić information content (AvgIpc) is 3.21. The second-order valence-electron chi connectivity index (χ2n) is 5.44. The molecule has 1 fully saturated rings. The van der Waals surface area contributed by atoms with Crippen LogP contribution in [0.25, 0.3) is 0 Å². The normalized spacial score (nSPS) is 17.8. The average molecular weight is 262 g/mol. The van der Waals surface area contributed by atoms with Gasteiger partial charge in [0.25, 0.3) is 0 Å². The number of phenols is 1. The van der Waals surface area contributed by atoms with Crippen LogP contribution in [0.15, 0.2) is 24.3 Å². The summed E-state index contributed by atoms with van der Waals surface area (Å²) >= 11 is 0. The van der Waals surface area contributed by atoms with Gasteiger partial charge in [-0.15, -0.1) is 0 Å². The first-order chi connectivity index (χ1) is 9.00. The van der Waals surface area contributed by atoms with Gasteiger partial charge in [0.2, 0.25) is 5.91 Å². The first-order valence-electron chi connectivity index (χ1n) is 6.80. The van der Waals surface area contributed by atoms with Crippen LogP contribution >= 0.6 is 0 Å². The minimum atomic E-state index is -0.153. The molecule has 0 radical (unpaired) electrons. The maximum atomic E-state index is 12.2. The van der Waals surface area contributed by atoms with Crippen molar-refractivity contribution in [1.29, 1.82) is 0 Å². The van der Waals surface area contributed by atoms with E-state index in [0.717, 1.165) is 18.4 Å². The number of phenolic OH excluding ortho intramolecular Hbond substituents is 1. The molecule has 0 bridgehead atoms. The second-order valence-corrected chi connectivity index (χ2v) is 5.44. The molecule has 0 saturated heterocycles. The van der Waals surface area contributed by atoms with Crippen molar-refractivity contribution in [3.8, 4) is 5.75 Å². The largest absolute Gasteiger partial charge is 0.508 e. The number of rotatable bonds is 5. The maximum Gasteiger partial charge on any atom is 0.224 e. The number of carbonyl (C=O) groups excluding carboxylic acids is 1. The molecule has 0 heterocycles. The van der Waals surface area contributed by atoms with E-state index in [1.807, 2.05) is 19.1 Å². The Bertz CT molecular complexity index is 457. The predicted octanol–water partition coefficient (Wildman–Crippen LogP) is 2.04. The SMILES string of the molecule is CC(c1ccccc1O)N(C)C(=O)CC(N)C1CC1. The topological polar surface area (TPSA) is 66.6 Å². The number of nitrogens with two attached hydrogens (primary N) is 1. The number of carbonyl (C=O) groups is 1. The van der Waals surface area contributed by atoms with Gasteiger partial charge in [0.1, 0.15) is 5.75 Å². The molecule has 2 rings (SSSR count). The molecular formula is C15H22N2O2. The van der Waals surface area contributed by atoms with Gasteiger partial charge < -0.3 is 15.7 Å². The third kappa shape index (κ3) is 3.26. The lowest BCUT2D eigenvalue weighted by Crippen LogP contribution is -2.35. The van der Waals surface area contributed by atoms with Crippen molar-refractivity contribution in [3.63, 3.8) is 0 Å². The predicted molar refractivity (Wildman–Crippen MR) is 74.6 cm³/mol. The first-order valence-corrected chi connectivity index (χ1v) is 6.80. The zero-order valence-corrected chi connectivity index (χ0v) is 11.5. The van der Waals surface area contributed by atoms with E-state index in [9.17, 15) is 9.90 Å². The summed E-state index contributed by atoms with van der Waals surface area (Å²) in [6.07, 6.45) is 2.68. The van der Waals surface area contributed by atoms with Crippen molar-refractivity contribution < 1.29 is 9.90 Å². The molecular weight excluding hydrogens is 240 g/mol. The van der Waals surface area contributed by atoms with Crippen LogP contribution in [0.2, 0.25) is 0 Å². The Kier molecular flexibility index (Phi) is 4.10. The highest BCUT2D eigenvalue weighted by Crippen LogP contribution is 2.33. The van der Waals surface area contributed by atoms with E-state index in [4.69, 9.17) is 5.73 Å². The van der Waals surface area contributed by atoms with Crippen LogP contribution in [0.3, 0.4) is 0 Å². The fourth-order valence-corrected chi connectivity index (χ4v) is 2.30. The van der Waals surface area contributed by atoms with Crippen molar-refractivity contribution in [3.05, 3.63) is 29.8 Å². The van der Waals surface area contributed by atoms with Crippen LogP contribution in [0.1, 0.15) is 37.8 Å². The molecule has 2 unspecified atom stereocenters. The molecule has 2 atom stereocenters. The molecule has 104 valence electrons. The maximum absolute atomic E-state index is 12.2. The van der Waals surface area contributed by atoms with E-state index in [0.29, 0.717) is 12.3 Å². The number of hydrogen-bond acceptors (Lipinski definition) is 3. The molecule has 1 aromatic carbocycles. The van der Waals surface area contributed by atoms with Crippen molar-refractivity contribution in [2.45, 2.75) is 38.3 Å². The Morgan fingerprint density at radius 2 is 2.11 bits per heavy atom. The summed E-state index contributed by atoms with van der Waals surface area (Å²) in [6.45, 7) is 1.91. The molecule has 1 saturated carbocycles. The summed E-state index contributed by atoms with van der Waals surface area (Å²) in [5.41, 5.74) is 6.75. The number of aromatic hydroxyl groups is 1. The Morgan fingerprint density at radius 1 is 1.47 bits per heavy atom. The van der Waals surface area contributed by atoms with Crippen LogP contribution in [0, 0.1) is 5.92 Å². The molecule has 0 aromatic heterocycles. The van der Waals surface area contributed by atoms with Gasteiger partial charge in [-0.25, -0.2) is 0 Å². The lowest BCUT2D eigenvalue weighted by Gasteiger charge is -2.27. The molecule has 4 nitrogen and oxygen atoms in total. The number of hydrogen-bond donors (Lipinski definition) is 2. The van der Waals surface area contributed by atoms with Gasteiger partial charge in [-0.2, -0.15) is 0 Å². The monoisotopic (exact) mass is 262 g/mol. The smallest absolute Gasteiger partial charge is 0.224 e. The molecule has 1 aromatic rings. The first kappa shape index (κ1) is 13.9. The van der Waals surface area contributed by atoms with E-state index in [-0.39, 0.29) is 23.7 Å². The van der Waals surface area contributed by atoms with Crippen molar-refractivity contribution >= 4 is 5.91 Å². The van der Waals surface area contributed by atoms with Crippen LogP contribution in [0.4, 0.5) is 0 Å². The van der Waals surface area contributed by atoms with E-state index in [1.165, 1.54) is 0 Å². The lowest BCUT2D eigenvalue weighted by molar-refractivity contribution is -0.132. The van der Waals surface area contributed by atoms with Gasteiger partial charge in [0.05, 0.1) is 6.04 Å². The van der Waals surface area contributed by atoms with Gasteiger partial charge in [-0.3, -0.25) is 4.79 Å². The van der Waals surface area contributed by atoms with E-state index in [2.05, 4.69) is 0 Å². The van der Waals surface area contributed by atoms with E-state index >= 15 is 0 Å². The highest BCUT2D eigenvalue weighted by molar-refractivity contribution is 5.77. The molecule has 1 aliphatic rings. The van der Waals surface area contributed by atoms with E-state index in [1.54, 1.807) is 24.1 Å². The van der Waals surface area contributed by atoms with E-state index < -0.39 is 0 Å². The molecule has 1 aliphatic carbocycles. The Balaban J connectivity index is 1.99. The second kappa shape index (κ2) is 5.61. The van der Waals surface area contributed by atoms with Crippen LogP contribution < -0.4 is 5.73 Å². The molecule has 3 N–H and O–H groups in total. The molecule has 0 spiro atoms. The molecule has 0 aliphatic heterocycles. The Labute approximate surface area is 114 Å². The highest BCUT2D eigenvalue weighted by Gasteiger charge is 2.31. The van der Waals surface area contributed by atoms with Crippen molar-refractivity contribution in [2.75, 3.05) is 7.05 Å². The summed E-state index contributed by atoms with van der Waals surface area (Å²) < 4.78 is 0. The minimum absolute atomic E-state index is 0.0217. The molecule has 1 amide bonds. The number of amides is 1. The minimum Gasteiger partial charge on any atom is -0.508 e. The Morgan fingerprint density at radius 3 is 2.68 bits per heavy atom. The summed E-state index contributed by atoms with van der Waals surface area (Å²) in [4.78, 5) is 13.8. The summed E-state index contributed by atoms with van der Waals surface area (Å²) in [6, 6.07) is 6.94. The number of nitrogens with zero attached hydrogens (tertiary/aromatic N) is 1. The molecule has 4 heteroatoms. The van der Waals surface area contributed by atoms with Gasteiger partial charge in [0.15, 0.2) is 0 Å². The summed E-state index contributed by atoms with van der Waals surface area (Å²) in [7, 11) is 1.76. The van der Waals surface area contributed by atoms with Crippen molar-refractivity contribution in [2.24, 2.45) is 11.7 Å². The summed E-state index contributed by atoms with van der Waals surface area (Å²) in [5, 5.41) is 9.83. The quantitative estimate of drug-likeness (QED) is 0.853. The zero-order chi connectivity index (χ0) is 14.0. The summed E-state index contributed by atoms with van der Waals surface area (Å²) in [5.74, 6) is 0.786. The fourth-order valence-electron chi connectivity index (χ4n) is 2.30. The molecule has 19 heavy (non-hydrogen) atoms. The van der Waals surface area contributed by atoms with Gasteiger partial charge in [-0.1, -0.05) is 18.2 Å². The van der Waals surface area contributed by atoms with Crippen molar-refractivity contribution in [1.82, 2.24) is 4.90 Å². The number of benzene rings is 1. The van der Waals surface area contributed by atoms with Crippen LogP contribution in [-0.2, 0) is 4.79 Å². The van der Waals surface area contributed by atoms with Gasteiger partial charge in [0, 0.05) is 25.1 Å². The Hall–Kier alpha value is -1.55. The third-order valence-electron chi connectivity index (χ3n) is 4.00. The fraction of sp³-hybridized carbons (Fsp3) is 0.533. The van der Waals surface area contributed by atoms with Gasteiger partial charge in [-0.05, 0) is 31.7 Å². The van der Waals surface area contributed by atoms with Gasteiger partial charge >= 0.3 is 0 Å². The lowest BCUT2D eigenvalue weighted by atomic mass is 10.0. The van der Waals surface area contributed by atoms with Crippen LogP contribution in [-0.4, -0.2) is 29.0 Å². The zero-order valence-electron chi connectivity index (χ0n) is 11.5. The third-order valence-corrected chi connectivity index (χ3v) is 4.00. The standard InChI is InChI=1S/C15H22N2O2/c1-10(12-5-3-4-6-14(12)18)17(2)15(19)9-13(16)11-7-8-11/h3-6,10-11,13,18H,7-9,16H2,1-2H3. The van der Waals surface area contributed by atoms with Crippen LogP contribution in [0.5, 0.6) is 5.75 Å².